The van der Waals surface area contributed by atoms with Gasteiger partial charge in [0.15, 0.2) is 0 Å². The zero-order valence-corrected chi connectivity index (χ0v) is 17.8. The predicted molar refractivity (Wildman–Crippen MR) is 108 cm³/mol. The van der Waals surface area contributed by atoms with Crippen LogP contribution in [0.2, 0.25) is 0 Å². The Morgan fingerprint density at radius 2 is 1.75 bits per heavy atom. The number of urea groups is 1. The maximum Gasteiger partial charge on any atom is 0.416 e. The number of alkyl halides is 3. The summed E-state index contributed by atoms with van der Waals surface area (Å²) in [6.07, 6.45) is -4.66. The van der Waals surface area contributed by atoms with Gasteiger partial charge in [-0.05, 0) is 55.3 Å². The quantitative estimate of drug-likeness (QED) is 0.528. The van der Waals surface area contributed by atoms with Crippen molar-refractivity contribution < 1.29 is 35.6 Å². The molecule has 174 valence electrons. The number of carbonyl (C=O) groups is 1. The largest absolute Gasteiger partial charge is 0.416 e. The fraction of sp³-hybridized carbons (Fsp3) is 0.350. The van der Waals surface area contributed by atoms with Gasteiger partial charge in [0, 0.05) is 25.8 Å². The van der Waals surface area contributed by atoms with Crippen molar-refractivity contribution in [2.45, 2.75) is 30.0 Å². The Labute approximate surface area is 182 Å². The van der Waals surface area contributed by atoms with Gasteiger partial charge < -0.3 is 0 Å². The van der Waals surface area contributed by atoms with Crippen molar-refractivity contribution in [2.75, 3.05) is 25.0 Å². The van der Waals surface area contributed by atoms with Gasteiger partial charge >= 0.3 is 12.2 Å². The summed E-state index contributed by atoms with van der Waals surface area (Å²) in [5.41, 5.74) is 1.68. The number of hydrogen-bond donors (Lipinski definition) is 1. The summed E-state index contributed by atoms with van der Waals surface area (Å²) in [6, 6.07) is 8.26. The Kier molecular flexibility index (Phi) is 7.06. The second-order valence-electron chi connectivity index (χ2n) is 7.19. The van der Waals surface area contributed by atoms with Gasteiger partial charge in [0.2, 0.25) is 10.0 Å². The zero-order valence-electron chi connectivity index (χ0n) is 17.0. The molecule has 0 atom stereocenters. The van der Waals surface area contributed by atoms with E-state index >= 15 is 0 Å². The van der Waals surface area contributed by atoms with Crippen LogP contribution in [0.25, 0.3) is 0 Å². The number of nitrogens with zero attached hydrogens (tertiary/aromatic N) is 2. The molecule has 2 aromatic carbocycles. The number of benzene rings is 2. The van der Waals surface area contributed by atoms with E-state index < -0.39 is 44.6 Å². The van der Waals surface area contributed by atoms with Crippen molar-refractivity contribution in [2.24, 2.45) is 0 Å². The maximum absolute atomic E-state index is 13.0. The van der Waals surface area contributed by atoms with Crippen LogP contribution in [0.1, 0.15) is 18.4 Å². The lowest BCUT2D eigenvalue weighted by Gasteiger charge is -2.31. The first kappa shape index (κ1) is 24.0. The molecule has 2 aromatic rings. The molecular formula is C20H21F4N3O4S. The third-order valence-corrected chi connectivity index (χ3v) is 6.93. The SMILES string of the molecule is CN(C(=O)NOC1CCN(S(=O)(=O)c2cccc(C(F)(F)F)c2)CC1)c1ccc(F)cc1. The molecule has 1 N–H and O–H groups in total. The molecule has 1 fully saturated rings. The highest BCUT2D eigenvalue weighted by molar-refractivity contribution is 7.89. The van der Waals surface area contributed by atoms with Gasteiger partial charge in [-0.15, -0.1) is 0 Å². The summed E-state index contributed by atoms with van der Waals surface area (Å²) >= 11 is 0. The highest BCUT2D eigenvalue weighted by Gasteiger charge is 2.34. The molecule has 0 bridgehead atoms. The fourth-order valence-corrected chi connectivity index (χ4v) is 4.67. The lowest BCUT2D eigenvalue weighted by molar-refractivity contribution is -0.137. The van der Waals surface area contributed by atoms with Crippen LogP contribution in [0.15, 0.2) is 53.4 Å². The molecule has 1 aliphatic rings. The summed E-state index contributed by atoms with van der Waals surface area (Å²) in [6.45, 7) is 0.0415. The van der Waals surface area contributed by atoms with Crippen molar-refractivity contribution >= 4 is 21.7 Å². The molecule has 1 heterocycles. The van der Waals surface area contributed by atoms with Crippen LogP contribution in [0.4, 0.5) is 28.0 Å². The fourth-order valence-electron chi connectivity index (χ4n) is 3.16. The molecule has 0 unspecified atom stereocenters. The number of rotatable bonds is 5. The van der Waals surface area contributed by atoms with Crippen LogP contribution in [0, 0.1) is 5.82 Å². The van der Waals surface area contributed by atoms with Gasteiger partial charge in [0.25, 0.3) is 0 Å². The minimum atomic E-state index is -4.65. The molecular weight excluding hydrogens is 454 g/mol. The van der Waals surface area contributed by atoms with E-state index in [1.165, 1.54) is 36.2 Å². The van der Waals surface area contributed by atoms with Crippen LogP contribution in [0.3, 0.4) is 0 Å². The third-order valence-electron chi connectivity index (χ3n) is 5.03. The Morgan fingerprint density at radius 1 is 1.12 bits per heavy atom. The van der Waals surface area contributed by atoms with Gasteiger partial charge in [-0.2, -0.15) is 17.5 Å². The first-order chi connectivity index (χ1) is 15.0. The standard InChI is InChI=1S/C20H21F4N3O4S/c1-26(16-7-5-15(21)6-8-16)19(28)25-31-17-9-11-27(12-10-17)32(29,30)18-4-2-3-14(13-18)20(22,23)24/h2-8,13,17H,9-12H2,1H3,(H,25,28). The monoisotopic (exact) mass is 475 g/mol. The average Bonchev–Trinajstić information content (AvgIpc) is 2.77. The number of amides is 2. The van der Waals surface area contributed by atoms with Gasteiger partial charge in [-0.25, -0.2) is 23.1 Å². The Morgan fingerprint density at radius 3 is 2.34 bits per heavy atom. The van der Waals surface area contributed by atoms with Crippen molar-refractivity contribution in [1.29, 1.82) is 0 Å². The number of sulfonamides is 1. The topological polar surface area (TPSA) is 79.0 Å². The van der Waals surface area contributed by atoms with Crippen LogP contribution in [0.5, 0.6) is 0 Å². The Balaban J connectivity index is 1.54. The minimum Gasteiger partial charge on any atom is -0.296 e. The molecule has 0 aromatic heterocycles. The Hall–Kier alpha value is -2.70. The molecule has 0 spiro atoms. The molecule has 1 saturated heterocycles. The number of hydroxylamine groups is 1. The number of nitrogens with one attached hydrogen (secondary N) is 1. The molecule has 7 nitrogen and oxygen atoms in total. The molecule has 2 amide bonds. The van der Waals surface area contributed by atoms with Crippen molar-refractivity contribution in [3.8, 4) is 0 Å². The molecule has 0 radical (unpaired) electrons. The first-order valence-electron chi connectivity index (χ1n) is 9.61. The Bertz CT molecular complexity index is 1050. The number of carbonyl (C=O) groups excluding carboxylic acids is 1. The van der Waals surface area contributed by atoms with E-state index in [0.29, 0.717) is 11.8 Å². The van der Waals surface area contributed by atoms with E-state index in [1.54, 1.807) is 0 Å². The average molecular weight is 475 g/mol. The summed E-state index contributed by atoms with van der Waals surface area (Å²) in [4.78, 5) is 18.3. The van der Waals surface area contributed by atoms with Gasteiger partial charge in [0.1, 0.15) is 5.82 Å². The van der Waals surface area contributed by atoms with Gasteiger partial charge in [-0.3, -0.25) is 9.74 Å². The molecule has 1 aliphatic heterocycles. The smallest absolute Gasteiger partial charge is 0.296 e. The van der Waals surface area contributed by atoms with Crippen LogP contribution >= 0.6 is 0 Å². The van der Waals surface area contributed by atoms with Crippen LogP contribution in [-0.4, -0.2) is 45.0 Å². The van der Waals surface area contributed by atoms with Gasteiger partial charge in [-0.1, -0.05) is 6.07 Å². The van der Waals surface area contributed by atoms with Crippen LogP contribution in [-0.2, 0) is 21.0 Å². The van der Waals surface area contributed by atoms with Crippen molar-refractivity contribution in [3.63, 3.8) is 0 Å². The molecule has 0 aliphatic carbocycles. The van der Waals surface area contributed by atoms with Crippen LogP contribution < -0.4 is 10.4 Å². The van der Waals surface area contributed by atoms with E-state index in [9.17, 15) is 30.8 Å². The molecule has 3 rings (SSSR count). The highest BCUT2D eigenvalue weighted by Crippen LogP contribution is 2.31. The maximum atomic E-state index is 13.0. The molecule has 12 heteroatoms. The third kappa shape index (κ3) is 5.56. The van der Waals surface area contributed by atoms with E-state index in [0.717, 1.165) is 22.5 Å². The summed E-state index contributed by atoms with van der Waals surface area (Å²) < 4.78 is 78.2. The lowest BCUT2D eigenvalue weighted by atomic mass is 10.1. The summed E-state index contributed by atoms with van der Waals surface area (Å²) in [5.74, 6) is -0.439. The second kappa shape index (κ2) is 9.43. The lowest BCUT2D eigenvalue weighted by Crippen LogP contribution is -2.45. The zero-order chi connectivity index (χ0) is 23.5. The van der Waals surface area contributed by atoms with Crippen molar-refractivity contribution in [1.82, 2.24) is 9.79 Å². The second-order valence-corrected chi connectivity index (χ2v) is 9.13. The number of hydrogen-bond acceptors (Lipinski definition) is 4. The van der Waals surface area contributed by atoms with E-state index in [2.05, 4.69) is 5.48 Å². The molecule has 0 saturated carbocycles. The normalized spacial score (nSPS) is 16.0. The first-order valence-corrected chi connectivity index (χ1v) is 11.0. The van der Waals surface area contributed by atoms with Gasteiger partial charge in [0.05, 0.1) is 16.6 Å². The predicted octanol–water partition coefficient (Wildman–Crippen LogP) is 3.78. The number of halogens is 4. The minimum absolute atomic E-state index is 0.0208. The van der Waals surface area contributed by atoms with E-state index in [-0.39, 0.29) is 25.9 Å². The van der Waals surface area contributed by atoms with Crippen molar-refractivity contribution in [3.05, 3.63) is 59.9 Å². The van der Waals surface area contributed by atoms with E-state index in [1.807, 2.05) is 0 Å². The molecule has 32 heavy (non-hydrogen) atoms. The highest BCUT2D eigenvalue weighted by atomic mass is 32.2. The number of piperidine rings is 1. The van der Waals surface area contributed by atoms with E-state index in [4.69, 9.17) is 4.84 Å². The number of anilines is 1. The summed E-state index contributed by atoms with van der Waals surface area (Å²) in [5, 5.41) is 0. The summed E-state index contributed by atoms with van der Waals surface area (Å²) in [7, 11) is -2.63.